The first-order chi connectivity index (χ1) is 2.00. The van der Waals surface area contributed by atoms with Crippen molar-refractivity contribution in [3.63, 3.8) is 0 Å². The van der Waals surface area contributed by atoms with Crippen molar-refractivity contribution >= 4 is 10.4 Å². The normalized spacial score (nSPS) is 8.29. The molecule has 0 radical (unpaired) electrons. The summed E-state index contributed by atoms with van der Waals surface area (Å²) in [6.07, 6.45) is 0. The average Bonchev–Trinajstić information content (AvgIpc) is 0.722. The van der Waals surface area contributed by atoms with Crippen LogP contribution in [0.4, 0.5) is 0 Å². The molecule has 4 nitrogen and oxygen atoms in total. The van der Waals surface area contributed by atoms with Crippen LogP contribution in [0.2, 0.25) is 0 Å². The van der Waals surface area contributed by atoms with Crippen molar-refractivity contribution in [2.45, 2.75) is 0 Å². The van der Waals surface area contributed by atoms with Crippen molar-refractivity contribution in [3.05, 3.63) is 0 Å². The van der Waals surface area contributed by atoms with E-state index in [1.165, 1.54) is 0 Å². The van der Waals surface area contributed by atoms with Crippen LogP contribution in [0.15, 0.2) is 0 Å². The van der Waals surface area contributed by atoms with E-state index in [1.54, 1.807) is 0 Å². The first-order valence-electron chi connectivity index (χ1n) is 0.698. The average molecular weight is 306 g/mol. The smallest absolute Gasteiger partial charge is 1.00 e. The van der Waals surface area contributed by atoms with E-state index in [2.05, 4.69) is 0 Å². The fourth-order valence-electron chi connectivity index (χ4n) is 0. The summed E-state index contributed by atoms with van der Waals surface area (Å²) >= 11 is 0. The van der Waals surface area contributed by atoms with Gasteiger partial charge in [0.05, 0.1) is 0 Å². The van der Waals surface area contributed by atoms with E-state index in [0.717, 1.165) is 0 Å². The van der Waals surface area contributed by atoms with Gasteiger partial charge in [0.2, 0.25) is 0 Å². The third-order valence-corrected chi connectivity index (χ3v) is 0. The molecule has 2 N–H and O–H groups in total. The molecule has 7 heavy (non-hydrogen) atoms. The van der Waals surface area contributed by atoms with Crippen LogP contribution in [0.3, 0.4) is 0 Å². The Morgan fingerprint density at radius 1 is 1.29 bits per heavy atom. The Labute approximate surface area is 79.3 Å². The summed E-state index contributed by atoms with van der Waals surface area (Å²) in [4.78, 5) is 0. The summed E-state index contributed by atoms with van der Waals surface area (Å²) in [6, 6.07) is 0. The largest absolute Gasteiger partial charge is 1.00 e. The fraction of sp³-hybridized carbons (Fsp3) is 0. The second-order valence-corrected chi connectivity index (χ2v) is 1.34. The fourth-order valence-corrected chi connectivity index (χ4v) is 0. The van der Waals surface area contributed by atoms with Crippen molar-refractivity contribution < 1.29 is 69.6 Å². The second-order valence-electron chi connectivity index (χ2n) is 0.448. The Morgan fingerprint density at radius 2 is 1.29 bits per heavy atom. The van der Waals surface area contributed by atoms with E-state index in [-0.39, 0.29) is 52.0 Å². The van der Waals surface area contributed by atoms with Gasteiger partial charge in [-0.05, 0) is 0 Å². The summed E-state index contributed by atoms with van der Waals surface area (Å²) in [5.74, 6) is 0. The SMILES string of the molecule is O=S(=O)(O)O.[H-].[Na+].[W]. The summed E-state index contributed by atoms with van der Waals surface area (Å²) in [5.41, 5.74) is 0. The van der Waals surface area contributed by atoms with E-state index in [9.17, 15) is 0 Å². The summed E-state index contributed by atoms with van der Waals surface area (Å²) in [5, 5.41) is 0. The topological polar surface area (TPSA) is 74.6 Å². The van der Waals surface area contributed by atoms with Gasteiger partial charge >= 0.3 is 40.0 Å². The van der Waals surface area contributed by atoms with E-state index in [0.29, 0.717) is 0 Å². The minimum Gasteiger partial charge on any atom is -1.00 e. The van der Waals surface area contributed by atoms with Crippen LogP contribution < -0.4 is 29.6 Å². The summed E-state index contributed by atoms with van der Waals surface area (Å²) in [6.45, 7) is 0. The molecule has 0 fully saturated rings. The quantitative estimate of drug-likeness (QED) is 0.359. The summed E-state index contributed by atoms with van der Waals surface area (Å²) in [7, 11) is -4.67. The molecule has 7 heteroatoms. The van der Waals surface area contributed by atoms with Gasteiger partial charge < -0.3 is 1.43 Å². The predicted octanol–water partition coefficient (Wildman–Crippen LogP) is -3.54. The molecule has 0 heterocycles. The Kier molecular flexibility index (Phi) is 12.9. The van der Waals surface area contributed by atoms with Gasteiger partial charge in [0.25, 0.3) is 0 Å². The van der Waals surface area contributed by atoms with Gasteiger partial charge in [-0.2, -0.15) is 8.42 Å². The molecule has 0 aliphatic heterocycles. The van der Waals surface area contributed by atoms with Gasteiger partial charge in [0.1, 0.15) is 0 Å². The summed E-state index contributed by atoms with van der Waals surface area (Å²) < 4.78 is 31.6. The van der Waals surface area contributed by atoms with Crippen LogP contribution in [0.5, 0.6) is 0 Å². The van der Waals surface area contributed by atoms with Crippen molar-refractivity contribution in [3.8, 4) is 0 Å². The molecular weight excluding hydrogens is 303 g/mol. The van der Waals surface area contributed by atoms with Crippen molar-refractivity contribution in [1.82, 2.24) is 0 Å². The molecule has 0 aliphatic carbocycles. The van der Waals surface area contributed by atoms with Crippen LogP contribution in [-0.4, -0.2) is 17.5 Å². The van der Waals surface area contributed by atoms with Crippen LogP contribution in [0, 0.1) is 0 Å². The Morgan fingerprint density at radius 3 is 1.29 bits per heavy atom. The third kappa shape index (κ3) is 96.2. The molecule has 0 saturated heterocycles. The van der Waals surface area contributed by atoms with Gasteiger partial charge in [-0.15, -0.1) is 0 Å². The molecule has 0 amide bonds. The van der Waals surface area contributed by atoms with Gasteiger partial charge in [0, 0.05) is 21.1 Å². The zero-order valence-corrected chi connectivity index (χ0v) is 9.28. The van der Waals surface area contributed by atoms with Gasteiger partial charge in [-0.3, -0.25) is 9.11 Å². The molecule has 0 saturated carbocycles. The van der Waals surface area contributed by atoms with E-state index < -0.39 is 10.4 Å². The predicted molar refractivity (Wildman–Crippen MR) is 15.3 cm³/mol. The molecule has 0 aromatic heterocycles. The molecule has 0 spiro atoms. The van der Waals surface area contributed by atoms with Crippen molar-refractivity contribution in [2.75, 3.05) is 0 Å². The van der Waals surface area contributed by atoms with Gasteiger partial charge in [-0.25, -0.2) is 0 Å². The Hall–Kier alpha value is 1.56. The van der Waals surface area contributed by atoms with E-state index in [4.69, 9.17) is 17.5 Å². The zero-order valence-electron chi connectivity index (χ0n) is 4.53. The second kappa shape index (κ2) is 5.69. The molecular formula is H3NaO4SW. The Bertz CT molecular complexity index is 99.2. The maximum atomic E-state index is 8.74. The van der Waals surface area contributed by atoms with E-state index >= 15 is 0 Å². The maximum Gasteiger partial charge on any atom is 1.00 e. The molecule has 0 aliphatic rings. The molecule has 0 bridgehead atoms. The molecule has 0 unspecified atom stereocenters. The molecule has 40 valence electrons. The minimum atomic E-state index is -4.67. The van der Waals surface area contributed by atoms with Crippen LogP contribution in [-0.2, 0) is 31.5 Å². The van der Waals surface area contributed by atoms with Crippen molar-refractivity contribution in [2.24, 2.45) is 0 Å². The molecule has 0 rings (SSSR count). The van der Waals surface area contributed by atoms with Crippen molar-refractivity contribution in [1.29, 1.82) is 0 Å². The molecule has 0 aromatic rings. The molecule has 0 aromatic carbocycles. The van der Waals surface area contributed by atoms with Crippen LogP contribution >= 0.6 is 0 Å². The molecule has 0 atom stereocenters. The first-order valence-corrected chi connectivity index (χ1v) is 2.10. The van der Waals surface area contributed by atoms with Gasteiger partial charge in [0.15, 0.2) is 0 Å². The number of rotatable bonds is 0. The zero-order chi connectivity index (χ0) is 4.50. The standard InChI is InChI=1S/Na.H2O4S.W.H/c;1-5(2,3)4;;/h;(H2,1,2,3,4);;/q+1;;;-1. The van der Waals surface area contributed by atoms with Gasteiger partial charge in [-0.1, -0.05) is 0 Å². The number of hydrogen-bond acceptors (Lipinski definition) is 2. The maximum absolute atomic E-state index is 8.74. The van der Waals surface area contributed by atoms with Crippen LogP contribution in [0.1, 0.15) is 1.43 Å². The monoisotopic (exact) mass is 306 g/mol. The van der Waals surface area contributed by atoms with Crippen LogP contribution in [0.25, 0.3) is 0 Å². The number of hydrogen-bond donors (Lipinski definition) is 2. The third-order valence-electron chi connectivity index (χ3n) is 0. The Balaban J connectivity index is -0.0000000267. The minimum absolute atomic E-state index is 0. The van der Waals surface area contributed by atoms with E-state index in [1.807, 2.05) is 0 Å². The first kappa shape index (κ1) is 15.8.